The molecule has 0 unspecified atom stereocenters. The lowest BCUT2D eigenvalue weighted by molar-refractivity contribution is -0.131. The number of hydrogen-bond acceptors (Lipinski definition) is 4. The van der Waals surface area contributed by atoms with Crippen LogP contribution >= 0.6 is 0 Å². The average Bonchev–Trinajstić information content (AvgIpc) is 3.28. The summed E-state index contributed by atoms with van der Waals surface area (Å²) in [4.78, 5) is 17.2. The van der Waals surface area contributed by atoms with Crippen molar-refractivity contribution in [2.75, 3.05) is 40.4 Å². The second kappa shape index (κ2) is 8.23. The summed E-state index contributed by atoms with van der Waals surface area (Å²) in [7, 11) is 3.34. The van der Waals surface area contributed by atoms with Gasteiger partial charge < -0.3 is 14.4 Å². The summed E-state index contributed by atoms with van der Waals surface area (Å²) in [6, 6.07) is 14.6. The highest BCUT2D eigenvalue weighted by molar-refractivity contribution is 5.78. The summed E-state index contributed by atoms with van der Waals surface area (Å²) >= 11 is 0. The van der Waals surface area contributed by atoms with Crippen molar-refractivity contribution in [1.29, 1.82) is 0 Å². The molecule has 1 fully saturated rings. The topological polar surface area (TPSA) is 42.0 Å². The molecule has 4 rings (SSSR count). The SMILES string of the molecule is COc1cc2c(cc1OC)[C@H](c1ccccc1)N(CC(=O)N1CCCC1)CC2. The smallest absolute Gasteiger partial charge is 0.236 e. The third-order valence-corrected chi connectivity index (χ3v) is 5.89. The first-order chi connectivity index (χ1) is 13.7. The zero-order valence-electron chi connectivity index (χ0n) is 16.7. The number of ether oxygens (including phenoxy) is 2. The number of likely N-dealkylation sites (tertiary alicyclic amines) is 1. The third-order valence-electron chi connectivity index (χ3n) is 5.89. The highest BCUT2D eigenvalue weighted by Crippen LogP contribution is 2.40. The van der Waals surface area contributed by atoms with Gasteiger partial charge in [-0.25, -0.2) is 0 Å². The number of carbonyl (C=O) groups is 1. The number of benzene rings is 2. The quantitative estimate of drug-likeness (QED) is 0.798. The second-order valence-corrected chi connectivity index (χ2v) is 7.53. The van der Waals surface area contributed by atoms with Gasteiger partial charge >= 0.3 is 0 Å². The van der Waals surface area contributed by atoms with Crippen molar-refractivity contribution in [3.8, 4) is 11.5 Å². The number of nitrogens with zero attached hydrogens (tertiary/aromatic N) is 2. The van der Waals surface area contributed by atoms with E-state index >= 15 is 0 Å². The van der Waals surface area contributed by atoms with Crippen molar-refractivity contribution in [1.82, 2.24) is 9.80 Å². The Morgan fingerprint density at radius 1 is 1.00 bits per heavy atom. The summed E-state index contributed by atoms with van der Waals surface area (Å²) in [5.41, 5.74) is 3.66. The van der Waals surface area contributed by atoms with Gasteiger partial charge in [0.05, 0.1) is 26.8 Å². The van der Waals surface area contributed by atoms with Gasteiger partial charge in [-0.1, -0.05) is 30.3 Å². The molecule has 1 amide bonds. The number of rotatable bonds is 5. The molecule has 2 heterocycles. The Kier molecular flexibility index (Phi) is 5.53. The summed E-state index contributed by atoms with van der Waals surface area (Å²) in [6.07, 6.45) is 3.13. The van der Waals surface area contributed by atoms with Crippen LogP contribution in [-0.2, 0) is 11.2 Å². The number of methoxy groups -OCH3 is 2. The molecule has 0 aliphatic carbocycles. The highest BCUT2D eigenvalue weighted by atomic mass is 16.5. The third kappa shape index (κ3) is 3.59. The first kappa shape index (κ1) is 18.8. The molecule has 5 nitrogen and oxygen atoms in total. The minimum absolute atomic E-state index is 0.0382. The predicted octanol–water partition coefficient (Wildman–Crippen LogP) is 3.27. The summed E-state index contributed by atoms with van der Waals surface area (Å²) in [5, 5.41) is 0. The van der Waals surface area contributed by atoms with Gasteiger partial charge in [-0.05, 0) is 48.1 Å². The molecule has 28 heavy (non-hydrogen) atoms. The second-order valence-electron chi connectivity index (χ2n) is 7.53. The molecule has 1 saturated heterocycles. The molecule has 5 heteroatoms. The van der Waals surface area contributed by atoms with Crippen LogP contribution in [-0.4, -0.2) is 56.1 Å². The van der Waals surface area contributed by atoms with Crippen molar-refractivity contribution in [2.24, 2.45) is 0 Å². The van der Waals surface area contributed by atoms with Crippen LogP contribution in [0.1, 0.15) is 35.6 Å². The molecule has 2 aliphatic rings. The van der Waals surface area contributed by atoms with Crippen LogP contribution in [0.4, 0.5) is 0 Å². The Hall–Kier alpha value is -2.53. The number of carbonyl (C=O) groups excluding carboxylic acids is 1. The predicted molar refractivity (Wildman–Crippen MR) is 109 cm³/mol. The maximum Gasteiger partial charge on any atom is 0.236 e. The van der Waals surface area contributed by atoms with Gasteiger partial charge in [0.15, 0.2) is 11.5 Å². The monoisotopic (exact) mass is 380 g/mol. The minimum Gasteiger partial charge on any atom is -0.493 e. The Balaban J connectivity index is 1.71. The largest absolute Gasteiger partial charge is 0.493 e. The molecule has 0 N–H and O–H groups in total. The van der Waals surface area contributed by atoms with Crippen LogP contribution in [0, 0.1) is 0 Å². The van der Waals surface area contributed by atoms with Crippen LogP contribution in [0.3, 0.4) is 0 Å². The van der Waals surface area contributed by atoms with Crippen LogP contribution in [0.2, 0.25) is 0 Å². The zero-order valence-corrected chi connectivity index (χ0v) is 16.7. The number of amides is 1. The first-order valence-electron chi connectivity index (χ1n) is 10.0. The lowest BCUT2D eigenvalue weighted by Crippen LogP contribution is -2.44. The molecule has 148 valence electrons. The molecule has 2 aromatic rings. The first-order valence-corrected chi connectivity index (χ1v) is 10.0. The molecule has 0 aromatic heterocycles. The van der Waals surface area contributed by atoms with E-state index < -0.39 is 0 Å². The van der Waals surface area contributed by atoms with Gasteiger partial charge in [-0.2, -0.15) is 0 Å². The van der Waals surface area contributed by atoms with Gasteiger partial charge in [0.25, 0.3) is 0 Å². The molecule has 0 radical (unpaired) electrons. The van der Waals surface area contributed by atoms with E-state index in [4.69, 9.17) is 9.47 Å². The fraction of sp³-hybridized carbons (Fsp3) is 0.435. The van der Waals surface area contributed by atoms with E-state index in [1.807, 2.05) is 11.0 Å². The van der Waals surface area contributed by atoms with E-state index in [1.54, 1.807) is 14.2 Å². The van der Waals surface area contributed by atoms with E-state index in [0.717, 1.165) is 50.4 Å². The van der Waals surface area contributed by atoms with Crippen LogP contribution in [0.15, 0.2) is 42.5 Å². The molecule has 0 spiro atoms. The summed E-state index contributed by atoms with van der Waals surface area (Å²) in [5.74, 6) is 1.73. The van der Waals surface area contributed by atoms with Gasteiger partial charge in [-0.3, -0.25) is 9.69 Å². The number of hydrogen-bond donors (Lipinski definition) is 0. The van der Waals surface area contributed by atoms with Gasteiger partial charge in [0, 0.05) is 19.6 Å². The Bertz CT molecular complexity index is 831. The minimum atomic E-state index is 0.0382. The highest BCUT2D eigenvalue weighted by Gasteiger charge is 2.32. The standard InChI is InChI=1S/C23H28N2O3/c1-27-20-14-18-10-13-25(16-22(26)24-11-6-7-12-24)23(17-8-4-3-5-9-17)19(18)15-21(20)28-2/h3-5,8-9,14-15,23H,6-7,10-13,16H2,1-2H3/t23-/m0/s1. The molecule has 1 atom stereocenters. The lowest BCUT2D eigenvalue weighted by atomic mass is 9.87. The Morgan fingerprint density at radius 2 is 1.68 bits per heavy atom. The lowest BCUT2D eigenvalue weighted by Gasteiger charge is -2.38. The van der Waals surface area contributed by atoms with Gasteiger partial charge in [0.1, 0.15) is 0 Å². The van der Waals surface area contributed by atoms with Crippen molar-refractivity contribution in [2.45, 2.75) is 25.3 Å². The van der Waals surface area contributed by atoms with E-state index in [2.05, 4.69) is 41.3 Å². The van der Waals surface area contributed by atoms with Crippen molar-refractivity contribution < 1.29 is 14.3 Å². The van der Waals surface area contributed by atoms with E-state index in [1.165, 1.54) is 16.7 Å². The van der Waals surface area contributed by atoms with E-state index in [-0.39, 0.29) is 11.9 Å². The van der Waals surface area contributed by atoms with Crippen molar-refractivity contribution in [3.05, 3.63) is 59.2 Å². The molecule has 2 aliphatic heterocycles. The maximum atomic E-state index is 12.9. The van der Waals surface area contributed by atoms with Crippen LogP contribution < -0.4 is 9.47 Å². The summed E-state index contributed by atoms with van der Waals surface area (Å²) < 4.78 is 11.1. The maximum absolute atomic E-state index is 12.9. The molecule has 2 aromatic carbocycles. The Morgan fingerprint density at radius 3 is 2.36 bits per heavy atom. The van der Waals surface area contributed by atoms with E-state index in [9.17, 15) is 4.79 Å². The normalized spacial score (nSPS) is 19.4. The molecular weight excluding hydrogens is 352 g/mol. The van der Waals surface area contributed by atoms with Gasteiger partial charge in [-0.15, -0.1) is 0 Å². The summed E-state index contributed by atoms with van der Waals surface area (Å²) in [6.45, 7) is 3.09. The average molecular weight is 380 g/mol. The van der Waals surface area contributed by atoms with Crippen LogP contribution in [0.5, 0.6) is 11.5 Å². The Labute approximate surface area is 166 Å². The fourth-order valence-electron chi connectivity index (χ4n) is 4.43. The van der Waals surface area contributed by atoms with Crippen LogP contribution in [0.25, 0.3) is 0 Å². The van der Waals surface area contributed by atoms with Crippen molar-refractivity contribution in [3.63, 3.8) is 0 Å². The molecule has 0 bridgehead atoms. The molecule has 0 saturated carbocycles. The number of fused-ring (bicyclic) bond motifs is 1. The van der Waals surface area contributed by atoms with Crippen molar-refractivity contribution >= 4 is 5.91 Å². The van der Waals surface area contributed by atoms with E-state index in [0.29, 0.717) is 6.54 Å². The fourth-order valence-corrected chi connectivity index (χ4v) is 4.43. The van der Waals surface area contributed by atoms with Gasteiger partial charge in [0.2, 0.25) is 5.91 Å². The molecular formula is C23H28N2O3. The zero-order chi connectivity index (χ0) is 19.5.